The number of nitrogens with one attached hydrogen (secondary N) is 1. The fourth-order valence-corrected chi connectivity index (χ4v) is 5.38. The van der Waals surface area contributed by atoms with Gasteiger partial charge in [0.15, 0.2) is 5.16 Å². The van der Waals surface area contributed by atoms with Crippen molar-refractivity contribution >= 4 is 66.6 Å². The molecule has 0 saturated carbocycles. The van der Waals surface area contributed by atoms with Gasteiger partial charge in [-0.2, -0.15) is 5.10 Å². The van der Waals surface area contributed by atoms with Gasteiger partial charge in [0.25, 0.3) is 11.5 Å². The van der Waals surface area contributed by atoms with E-state index >= 15 is 0 Å². The molecule has 1 aromatic heterocycles. The number of ether oxygens (including phenoxy) is 1. The lowest BCUT2D eigenvalue weighted by molar-refractivity contribution is -0.118. The van der Waals surface area contributed by atoms with Crippen molar-refractivity contribution in [1.29, 1.82) is 0 Å². The topological polar surface area (TPSA) is 106 Å². The van der Waals surface area contributed by atoms with Crippen molar-refractivity contribution < 1.29 is 14.6 Å². The summed E-state index contributed by atoms with van der Waals surface area (Å²) in [4.78, 5) is 30.5. The second kappa shape index (κ2) is 11.7. The van der Waals surface area contributed by atoms with Crippen LogP contribution in [0.5, 0.6) is 11.5 Å². The fourth-order valence-electron chi connectivity index (χ4n) is 3.32. The first kappa shape index (κ1) is 25.9. The minimum Gasteiger partial charge on any atom is -0.506 e. The van der Waals surface area contributed by atoms with E-state index in [1.54, 1.807) is 54.6 Å². The molecule has 36 heavy (non-hydrogen) atoms. The fraction of sp³-hybridized carbons (Fsp3) is 0.120. The number of aromatic hydroxyl groups is 1. The first-order valence-corrected chi connectivity index (χ1v) is 13.3. The number of halogens is 2. The highest BCUT2D eigenvalue weighted by Gasteiger charge is 2.15. The molecule has 0 bridgehead atoms. The average molecular weight is 632 g/mol. The first-order chi connectivity index (χ1) is 17.4. The molecule has 11 heteroatoms. The number of benzene rings is 3. The van der Waals surface area contributed by atoms with Gasteiger partial charge in [-0.05, 0) is 71.4 Å². The summed E-state index contributed by atoms with van der Waals surface area (Å²) < 4.78 is 8.22. The van der Waals surface area contributed by atoms with Gasteiger partial charge >= 0.3 is 0 Å². The molecule has 0 unspecified atom stereocenters. The molecule has 0 saturated heterocycles. The molecule has 1 amide bonds. The second-order valence-electron chi connectivity index (χ2n) is 7.39. The van der Waals surface area contributed by atoms with Gasteiger partial charge in [0.05, 0.1) is 39.6 Å². The Morgan fingerprint density at radius 3 is 2.69 bits per heavy atom. The van der Waals surface area contributed by atoms with Crippen LogP contribution >= 0.6 is 43.6 Å². The van der Waals surface area contributed by atoms with Crippen LogP contribution in [0.15, 0.2) is 84.7 Å². The van der Waals surface area contributed by atoms with E-state index in [-0.39, 0.29) is 17.1 Å². The Balaban J connectivity index is 1.56. The molecule has 0 aliphatic rings. The highest BCUT2D eigenvalue weighted by molar-refractivity contribution is 9.11. The van der Waals surface area contributed by atoms with Crippen LogP contribution in [0.4, 0.5) is 0 Å². The zero-order valence-corrected chi connectivity index (χ0v) is 22.9. The molecule has 184 valence electrons. The SMILES string of the molecule is CCOc1ccc(-n2c(SCC(=O)N/N=C/c3cc(Br)cc(Br)c3O)nc3ccccc3c2=O)cc1. The number of carbonyl (C=O) groups excluding carboxylic acids is 1. The summed E-state index contributed by atoms with van der Waals surface area (Å²) in [5, 5.41) is 14.9. The molecule has 4 rings (SSSR count). The summed E-state index contributed by atoms with van der Waals surface area (Å²) in [6, 6.07) is 17.6. The third-order valence-electron chi connectivity index (χ3n) is 4.93. The van der Waals surface area contributed by atoms with Crippen molar-refractivity contribution in [3.63, 3.8) is 0 Å². The van der Waals surface area contributed by atoms with Crippen molar-refractivity contribution in [1.82, 2.24) is 15.0 Å². The highest BCUT2D eigenvalue weighted by atomic mass is 79.9. The van der Waals surface area contributed by atoms with Crippen molar-refractivity contribution in [2.24, 2.45) is 5.10 Å². The maximum absolute atomic E-state index is 13.3. The van der Waals surface area contributed by atoms with Crippen LogP contribution in [-0.4, -0.2) is 39.1 Å². The number of aromatic nitrogens is 2. The Morgan fingerprint density at radius 1 is 1.19 bits per heavy atom. The van der Waals surface area contributed by atoms with Crippen LogP contribution in [0.3, 0.4) is 0 Å². The number of para-hydroxylation sites is 1. The Morgan fingerprint density at radius 2 is 1.94 bits per heavy atom. The minimum atomic E-state index is -0.398. The predicted octanol–water partition coefficient (Wildman–Crippen LogP) is 5.26. The molecule has 4 aromatic rings. The number of hydrazone groups is 1. The molecule has 0 spiro atoms. The van der Waals surface area contributed by atoms with Crippen LogP contribution in [0.2, 0.25) is 0 Å². The van der Waals surface area contributed by atoms with Crippen LogP contribution < -0.4 is 15.7 Å². The number of amides is 1. The van der Waals surface area contributed by atoms with Gasteiger partial charge in [0, 0.05) is 10.0 Å². The summed E-state index contributed by atoms with van der Waals surface area (Å²) in [7, 11) is 0. The summed E-state index contributed by atoms with van der Waals surface area (Å²) in [5.74, 6) is 0.265. The number of phenols is 1. The van der Waals surface area contributed by atoms with Crippen molar-refractivity contribution in [3.05, 3.63) is 85.5 Å². The lowest BCUT2D eigenvalue weighted by Crippen LogP contribution is -2.24. The quantitative estimate of drug-likeness (QED) is 0.119. The lowest BCUT2D eigenvalue weighted by Gasteiger charge is -2.13. The number of fused-ring (bicyclic) bond motifs is 1. The minimum absolute atomic E-state index is 0.00492. The molecule has 0 radical (unpaired) electrons. The molecule has 3 aromatic carbocycles. The maximum Gasteiger partial charge on any atom is 0.266 e. The monoisotopic (exact) mass is 630 g/mol. The van der Waals surface area contributed by atoms with E-state index in [0.29, 0.717) is 44.1 Å². The number of hydrogen-bond donors (Lipinski definition) is 2. The van der Waals surface area contributed by atoms with Crippen molar-refractivity contribution in [2.75, 3.05) is 12.4 Å². The molecular weight excluding hydrogens is 612 g/mol. The normalized spacial score (nSPS) is 11.2. The van der Waals surface area contributed by atoms with Crippen molar-refractivity contribution in [2.45, 2.75) is 12.1 Å². The maximum atomic E-state index is 13.3. The van der Waals surface area contributed by atoms with Crippen LogP contribution in [-0.2, 0) is 4.79 Å². The number of thioether (sulfide) groups is 1. The number of rotatable bonds is 8. The Hall–Kier alpha value is -3.15. The largest absolute Gasteiger partial charge is 0.506 e. The summed E-state index contributed by atoms with van der Waals surface area (Å²) >= 11 is 7.72. The van der Waals surface area contributed by atoms with E-state index < -0.39 is 5.91 Å². The van der Waals surface area contributed by atoms with Crippen molar-refractivity contribution in [3.8, 4) is 17.2 Å². The number of phenolic OH excluding ortho intramolecular Hbond substituents is 1. The molecule has 1 heterocycles. The van der Waals surface area contributed by atoms with E-state index in [1.807, 2.05) is 13.0 Å². The summed E-state index contributed by atoms with van der Waals surface area (Å²) in [6.07, 6.45) is 1.34. The van der Waals surface area contributed by atoms with E-state index in [1.165, 1.54) is 10.8 Å². The molecule has 0 aliphatic heterocycles. The van der Waals surface area contributed by atoms with Gasteiger partial charge in [-0.25, -0.2) is 10.4 Å². The second-order valence-corrected chi connectivity index (χ2v) is 10.1. The summed E-state index contributed by atoms with van der Waals surface area (Å²) in [6.45, 7) is 2.43. The average Bonchev–Trinajstić information content (AvgIpc) is 2.86. The number of nitrogens with zero attached hydrogens (tertiary/aromatic N) is 3. The van der Waals surface area contributed by atoms with Gasteiger partial charge in [0.2, 0.25) is 0 Å². The Labute approximate surface area is 227 Å². The number of hydrogen-bond acceptors (Lipinski definition) is 7. The predicted molar refractivity (Wildman–Crippen MR) is 148 cm³/mol. The van der Waals surface area contributed by atoms with Crippen LogP contribution in [0.25, 0.3) is 16.6 Å². The van der Waals surface area contributed by atoms with Crippen LogP contribution in [0, 0.1) is 0 Å². The van der Waals surface area contributed by atoms with Gasteiger partial charge in [-0.1, -0.05) is 39.8 Å². The molecule has 8 nitrogen and oxygen atoms in total. The Bertz CT molecular complexity index is 1510. The van der Waals surface area contributed by atoms with E-state index in [9.17, 15) is 14.7 Å². The number of carbonyl (C=O) groups is 1. The molecule has 2 N–H and O–H groups in total. The summed E-state index contributed by atoms with van der Waals surface area (Å²) in [5.41, 5.74) is 3.78. The Kier molecular flexibility index (Phi) is 8.44. The molecular formula is C25H20Br2N4O4S. The van der Waals surface area contributed by atoms with E-state index in [2.05, 4.69) is 47.4 Å². The van der Waals surface area contributed by atoms with Gasteiger partial charge in [-0.15, -0.1) is 0 Å². The third kappa shape index (κ3) is 5.97. The van der Waals surface area contributed by atoms with Gasteiger partial charge in [-0.3, -0.25) is 14.2 Å². The zero-order chi connectivity index (χ0) is 25.7. The smallest absolute Gasteiger partial charge is 0.266 e. The van der Waals surface area contributed by atoms with Gasteiger partial charge in [0.1, 0.15) is 11.5 Å². The van der Waals surface area contributed by atoms with Gasteiger partial charge < -0.3 is 9.84 Å². The van der Waals surface area contributed by atoms with E-state index in [4.69, 9.17) is 4.74 Å². The molecule has 0 fully saturated rings. The standard InChI is InChI=1S/C25H20Br2N4O4S/c1-2-35-18-9-7-17(8-10-18)31-24(34)19-5-3-4-6-21(19)29-25(31)36-14-22(32)30-28-13-15-11-16(26)12-20(27)23(15)33/h3-13,33H,2,14H2,1H3,(H,30,32)/b28-13+. The van der Waals surface area contributed by atoms with Crippen LogP contribution in [0.1, 0.15) is 12.5 Å². The third-order valence-corrected chi connectivity index (χ3v) is 6.93. The molecule has 0 atom stereocenters. The van der Waals surface area contributed by atoms with E-state index in [0.717, 1.165) is 16.2 Å². The lowest BCUT2D eigenvalue weighted by atomic mass is 10.2. The molecule has 0 aliphatic carbocycles. The first-order valence-electron chi connectivity index (χ1n) is 10.7. The highest BCUT2D eigenvalue weighted by Crippen LogP contribution is 2.30. The zero-order valence-electron chi connectivity index (χ0n) is 18.9.